The molecule has 0 saturated heterocycles. The molecule has 2 aromatic rings. The highest BCUT2D eigenvalue weighted by atomic mass is 32.2. The lowest BCUT2D eigenvalue weighted by Gasteiger charge is -2.06. The Morgan fingerprint density at radius 1 is 1.10 bits per heavy atom. The van der Waals surface area contributed by atoms with Gasteiger partial charge in [-0.3, -0.25) is 4.79 Å². The summed E-state index contributed by atoms with van der Waals surface area (Å²) < 4.78 is 51.7. The molecule has 1 aromatic heterocycles. The predicted molar refractivity (Wildman–Crippen MR) is 67.4 cm³/mol. The molecule has 0 spiro atoms. The molecule has 20 heavy (non-hydrogen) atoms. The van der Waals surface area contributed by atoms with Crippen molar-refractivity contribution < 1.29 is 17.2 Å². The lowest BCUT2D eigenvalue weighted by atomic mass is 10.2. The lowest BCUT2D eigenvalue weighted by Crippen LogP contribution is -2.24. The molecule has 1 aromatic carbocycles. The molecule has 0 aliphatic carbocycles. The zero-order chi connectivity index (χ0) is 14.8. The van der Waals surface area contributed by atoms with Gasteiger partial charge in [-0.1, -0.05) is 6.07 Å². The Bertz CT molecular complexity index is 767. The number of rotatable bonds is 4. The maximum Gasteiger partial charge on any atom is 0.247 e. The second-order valence-electron chi connectivity index (χ2n) is 3.96. The zero-order valence-corrected chi connectivity index (χ0v) is 10.9. The van der Waals surface area contributed by atoms with Gasteiger partial charge in [-0.05, 0) is 23.8 Å². The first kappa shape index (κ1) is 14.4. The van der Waals surface area contributed by atoms with Crippen LogP contribution in [0.5, 0.6) is 0 Å². The van der Waals surface area contributed by atoms with Gasteiger partial charge in [-0.15, -0.1) is 0 Å². The third-order valence-electron chi connectivity index (χ3n) is 2.52. The Kier molecular flexibility index (Phi) is 3.96. The second kappa shape index (κ2) is 5.51. The number of halogens is 2. The van der Waals surface area contributed by atoms with Gasteiger partial charge in [0.1, 0.15) is 0 Å². The molecule has 1 heterocycles. The van der Waals surface area contributed by atoms with Gasteiger partial charge in [-0.2, -0.15) is 0 Å². The van der Waals surface area contributed by atoms with Crippen LogP contribution in [0.3, 0.4) is 0 Å². The molecule has 2 rings (SSSR count). The van der Waals surface area contributed by atoms with Gasteiger partial charge in [0.25, 0.3) is 0 Å². The number of H-pyrrole nitrogens is 1. The Hall–Kier alpha value is -2.06. The van der Waals surface area contributed by atoms with Crippen molar-refractivity contribution in [2.24, 2.45) is 0 Å². The van der Waals surface area contributed by atoms with Crippen molar-refractivity contribution in [1.29, 1.82) is 0 Å². The highest BCUT2D eigenvalue weighted by molar-refractivity contribution is 7.89. The van der Waals surface area contributed by atoms with E-state index >= 15 is 0 Å². The SMILES string of the molecule is O=c1ccc(S(=O)(=O)NCc2ccc(F)c(F)c2)c[nH]1. The average Bonchev–Trinajstić information content (AvgIpc) is 2.41. The van der Waals surface area contributed by atoms with Gasteiger partial charge in [0.15, 0.2) is 11.6 Å². The Morgan fingerprint density at radius 3 is 2.45 bits per heavy atom. The number of hydrogen-bond acceptors (Lipinski definition) is 3. The first-order valence-corrected chi connectivity index (χ1v) is 6.99. The maximum absolute atomic E-state index is 13.0. The molecule has 0 bridgehead atoms. The van der Waals surface area contributed by atoms with Crippen molar-refractivity contribution in [3.8, 4) is 0 Å². The van der Waals surface area contributed by atoms with E-state index in [0.717, 1.165) is 30.5 Å². The number of sulfonamides is 1. The van der Waals surface area contributed by atoms with Crippen LogP contribution in [0.15, 0.2) is 46.2 Å². The monoisotopic (exact) mass is 300 g/mol. The van der Waals surface area contributed by atoms with Crippen LogP contribution in [0.4, 0.5) is 8.78 Å². The highest BCUT2D eigenvalue weighted by Gasteiger charge is 2.14. The molecular formula is C12H10F2N2O3S. The molecule has 8 heteroatoms. The molecule has 5 nitrogen and oxygen atoms in total. The van der Waals surface area contributed by atoms with E-state index in [0.29, 0.717) is 0 Å². The molecule has 0 fully saturated rings. The lowest BCUT2D eigenvalue weighted by molar-refractivity contribution is 0.506. The molecule has 0 amide bonds. The van der Waals surface area contributed by atoms with Crippen molar-refractivity contribution >= 4 is 10.0 Å². The molecule has 0 saturated carbocycles. The van der Waals surface area contributed by atoms with Gasteiger partial charge < -0.3 is 4.98 Å². The van der Waals surface area contributed by atoms with Crippen LogP contribution in [0.25, 0.3) is 0 Å². The molecule has 0 atom stereocenters. The van der Waals surface area contributed by atoms with Crippen LogP contribution in [0.1, 0.15) is 5.56 Å². The van der Waals surface area contributed by atoms with E-state index in [1.54, 1.807) is 0 Å². The van der Waals surface area contributed by atoms with E-state index in [9.17, 15) is 22.0 Å². The summed E-state index contributed by atoms with van der Waals surface area (Å²) in [5.41, 5.74) is -0.151. The standard InChI is InChI=1S/C12H10F2N2O3S/c13-10-3-1-8(5-11(10)14)6-16-20(18,19)9-2-4-12(17)15-7-9/h1-5,7,16H,6H2,(H,15,17). The average molecular weight is 300 g/mol. The minimum Gasteiger partial charge on any atom is -0.328 e. The smallest absolute Gasteiger partial charge is 0.247 e. The summed E-state index contributed by atoms with van der Waals surface area (Å²) in [4.78, 5) is 13.0. The number of hydrogen-bond donors (Lipinski definition) is 2. The van der Waals surface area contributed by atoms with Gasteiger partial charge in [0.05, 0.1) is 4.90 Å². The normalized spacial score (nSPS) is 11.5. The number of aromatic amines is 1. The Labute approximate surface area is 113 Å². The van der Waals surface area contributed by atoms with E-state index in [2.05, 4.69) is 9.71 Å². The fourth-order valence-electron chi connectivity index (χ4n) is 1.47. The van der Waals surface area contributed by atoms with E-state index < -0.39 is 27.2 Å². The number of nitrogens with one attached hydrogen (secondary N) is 2. The fourth-order valence-corrected chi connectivity index (χ4v) is 2.46. The molecule has 0 aliphatic heterocycles. The van der Waals surface area contributed by atoms with Gasteiger partial charge >= 0.3 is 0 Å². The largest absolute Gasteiger partial charge is 0.328 e. The van der Waals surface area contributed by atoms with Crippen molar-refractivity contribution in [1.82, 2.24) is 9.71 Å². The molecular weight excluding hydrogens is 290 g/mol. The van der Waals surface area contributed by atoms with E-state index in [1.807, 2.05) is 0 Å². The molecule has 2 N–H and O–H groups in total. The summed E-state index contributed by atoms with van der Waals surface area (Å²) in [6.45, 7) is -0.196. The minimum atomic E-state index is -3.83. The predicted octanol–water partition coefficient (Wildman–Crippen LogP) is 1.13. The molecule has 0 radical (unpaired) electrons. The van der Waals surface area contributed by atoms with E-state index in [-0.39, 0.29) is 17.0 Å². The Balaban J connectivity index is 2.14. The second-order valence-corrected chi connectivity index (χ2v) is 5.73. The van der Waals surface area contributed by atoms with E-state index in [1.165, 1.54) is 6.07 Å². The van der Waals surface area contributed by atoms with E-state index in [4.69, 9.17) is 0 Å². The Morgan fingerprint density at radius 2 is 1.85 bits per heavy atom. The zero-order valence-electron chi connectivity index (χ0n) is 10.1. The van der Waals surface area contributed by atoms with Gasteiger partial charge in [0, 0.05) is 18.8 Å². The van der Waals surface area contributed by atoms with Gasteiger partial charge in [-0.25, -0.2) is 21.9 Å². The van der Waals surface area contributed by atoms with Crippen molar-refractivity contribution in [3.05, 3.63) is 64.1 Å². The summed E-state index contributed by atoms with van der Waals surface area (Å²) in [6, 6.07) is 5.32. The third-order valence-corrected chi connectivity index (χ3v) is 3.92. The third kappa shape index (κ3) is 3.28. The fraction of sp³-hybridized carbons (Fsp3) is 0.0833. The maximum atomic E-state index is 13.0. The van der Waals surface area contributed by atoms with Crippen LogP contribution in [-0.2, 0) is 16.6 Å². The summed E-state index contributed by atoms with van der Waals surface area (Å²) in [5.74, 6) is -2.05. The van der Waals surface area contributed by atoms with Crippen molar-refractivity contribution in [2.45, 2.75) is 11.4 Å². The minimum absolute atomic E-state index is 0.125. The summed E-state index contributed by atoms with van der Waals surface area (Å²) >= 11 is 0. The van der Waals surface area contributed by atoms with Crippen LogP contribution in [0.2, 0.25) is 0 Å². The van der Waals surface area contributed by atoms with Crippen LogP contribution < -0.4 is 10.3 Å². The van der Waals surface area contributed by atoms with Crippen LogP contribution in [0, 0.1) is 11.6 Å². The number of pyridine rings is 1. The molecule has 0 unspecified atom stereocenters. The van der Waals surface area contributed by atoms with Crippen LogP contribution in [-0.4, -0.2) is 13.4 Å². The molecule has 106 valence electrons. The summed E-state index contributed by atoms with van der Waals surface area (Å²) in [5, 5.41) is 0. The first-order valence-electron chi connectivity index (χ1n) is 5.51. The summed E-state index contributed by atoms with van der Waals surface area (Å²) in [6.07, 6.45) is 1.05. The van der Waals surface area contributed by atoms with Crippen molar-refractivity contribution in [2.75, 3.05) is 0 Å². The quantitative estimate of drug-likeness (QED) is 0.888. The van der Waals surface area contributed by atoms with Crippen LogP contribution >= 0.6 is 0 Å². The van der Waals surface area contributed by atoms with Crippen molar-refractivity contribution in [3.63, 3.8) is 0 Å². The van der Waals surface area contributed by atoms with Gasteiger partial charge in [0.2, 0.25) is 15.6 Å². The topological polar surface area (TPSA) is 79.0 Å². The highest BCUT2D eigenvalue weighted by Crippen LogP contribution is 2.10. The summed E-state index contributed by atoms with van der Waals surface area (Å²) in [7, 11) is -3.83. The number of aromatic nitrogens is 1. The molecule has 0 aliphatic rings. The first-order chi connectivity index (χ1) is 9.38. The number of benzene rings is 1.